The number of fused-ring (bicyclic) bond motifs is 6. The Morgan fingerprint density at radius 3 is 1.74 bits per heavy atom. The van der Waals surface area contributed by atoms with Crippen molar-refractivity contribution >= 4 is 32.3 Å². The number of aryl methyl sites for hydroxylation is 1. The minimum absolute atomic E-state index is 0.00671. The third kappa shape index (κ3) is 3.93. The van der Waals surface area contributed by atoms with Crippen molar-refractivity contribution in [1.29, 1.82) is 0 Å². The zero-order valence-corrected chi connectivity index (χ0v) is 26.4. The second kappa shape index (κ2) is 10.0. The molecular weight excluding hydrogens is 553 g/mol. The van der Waals surface area contributed by atoms with Crippen LogP contribution in [0.5, 0.6) is 0 Å². The quantitative estimate of drug-likeness (QED) is 0.181. The van der Waals surface area contributed by atoms with Crippen LogP contribution in [0.25, 0.3) is 76.8 Å². The summed E-state index contributed by atoms with van der Waals surface area (Å²) >= 11 is 0. The zero-order valence-electron chi connectivity index (χ0n) is 26.4. The molecule has 0 bridgehead atoms. The Bertz CT molecular complexity index is 2490. The van der Waals surface area contributed by atoms with E-state index in [9.17, 15) is 0 Å². The van der Waals surface area contributed by atoms with Crippen molar-refractivity contribution < 1.29 is 0 Å². The summed E-state index contributed by atoms with van der Waals surface area (Å²) in [5.74, 6) is 0. The maximum Gasteiger partial charge on any atom is 0.0158 e. The molecule has 0 N–H and O–H groups in total. The van der Waals surface area contributed by atoms with Crippen molar-refractivity contribution in [3.05, 3.63) is 168 Å². The molecule has 1 aliphatic rings. The summed E-state index contributed by atoms with van der Waals surface area (Å²) in [4.78, 5) is 0. The number of rotatable bonds is 3. The third-order valence-electron chi connectivity index (χ3n) is 10.3. The standard InChI is InChI=1S/C46H34/c1-29-19-25-39-41(27-29)45(33-24-26-43-40(28-33)36-14-8-9-18-42(36)46(43,2)3)38-16-7-6-15-37(38)44(39)32-22-20-31(21-23-32)35-17-10-12-30-11-4-5-13-34(30)35/h4-28H,1-3H3. The molecule has 9 rings (SSSR count). The lowest BCUT2D eigenvalue weighted by molar-refractivity contribution is 0.660. The molecule has 0 aliphatic heterocycles. The van der Waals surface area contributed by atoms with Gasteiger partial charge in [-0.25, -0.2) is 0 Å². The van der Waals surface area contributed by atoms with Crippen molar-refractivity contribution in [2.24, 2.45) is 0 Å². The third-order valence-corrected chi connectivity index (χ3v) is 10.3. The fraction of sp³-hybridized carbons (Fsp3) is 0.0870. The van der Waals surface area contributed by atoms with Gasteiger partial charge in [-0.15, -0.1) is 0 Å². The predicted molar refractivity (Wildman–Crippen MR) is 198 cm³/mol. The van der Waals surface area contributed by atoms with Crippen LogP contribution < -0.4 is 0 Å². The van der Waals surface area contributed by atoms with Crippen molar-refractivity contribution in [3.63, 3.8) is 0 Å². The van der Waals surface area contributed by atoms with E-state index in [1.54, 1.807) is 0 Å². The molecule has 0 spiro atoms. The van der Waals surface area contributed by atoms with Crippen LogP contribution in [0.4, 0.5) is 0 Å². The van der Waals surface area contributed by atoms with Crippen LogP contribution in [0.15, 0.2) is 152 Å². The van der Waals surface area contributed by atoms with Gasteiger partial charge in [-0.05, 0) is 101 Å². The lowest BCUT2D eigenvalue weighted by Crippen LogP contribution is -2.14. The average Bonchev–Trinajstić information content (AvgIpc) is 3.32. The highest BCUT2D eigenvalue weighted by Crippen LogP contribution is 2.51. The van der Waals surface area contributed by atoms with Gasteiger partial charge in [0.1, 0.15) is 0 Å². The molecular formula is C46H34. The van der Waals surface area contributed by atoms with Crippen LogP contribution in [-0.4, -0.2) is 0 Å². The van der Waals surface area contributed by atoms with Crippen LogP contribution >= 0.6 is 0 Å². The molecule has 0 radical (unpaired) electrons. The second-order valence-electron chi connectivity index (χ2n) is 13.4. The first kappa shape index (κ1) is 26.9. The van der Waals surface area contributed by atoms with Gasteiger partial charge in [0, 0.05) is 5.41 Å². The van der Waals surface area contributed by atoms with Gasteiger partial charge in [-0.3, -0.25) is 0 Å². The maximum atomic E-state index is 2.45. The van der Waals surface area contributed by atoms with Crippen LogP contribution in [0.2, 0.25) is 0 Å². The van der Waals surface area contributed by atoms with Gasteiger partial charge in [0.15, 0.2) is 0 Å². The molecule has 8 aromatic carbocycles. The summed E-state index contributed by atoms with van der Waals surface area (Å²) in [6, 6.07) is 56.5. The highest BCUT2D eigenvalue weighted by Gasteiger charge is 2.35. The van der Waals surface area contributed by atoms with Gasteiger partial charge in [-0.1, -0.05) is 165 Å². The summed E-state index contributed by atoms with van der Waals surface area (Å²) in [5.41, 5.74) is 14.4. The lowest BCUT2D eigenvalue weighted by Gasteiger charge is -2.22. The Labute approximate surface area is 270 Å². The van der Waals surface area contributed by atoms with Gasteiger partial charge >= 0.3 is 0 Å². The largest absolute Gasteiger partial charge is 0.0619 e. The Kier molecular flexibility index (Phi) is 5.86. The van der Waals surface area contributed by atoms with Crippen LogP contribution in [-0.2, 0) is 5.41 Å². The number of hydrogen-bond acceptors (Lipinski definition) is 0. The summed E-state index contributed by atoms with van der Waals surface area (Å²) in [6.07, 6.45) is 0. The summed E-state index contributed by atoms with van der Waals surface area (Å²) in [6.45, 7) is 6.91. The Morgan fingerprint density at radius 1 is 0.370 bits per heavy atom. The SMILES string of the molecule is Cc1ccc2c(-c3ccc(-c4cccc5ccccc45)cc3)c3ccccc3c(-c3ccc4c(c3)-c3ccccc3C4(C)C)c2c1. The van der Waals surface area contributed by atoms with E-state index in [2.05, 4.69) is 172 Å². The van der Waals surface area contributed by atoms with E-state index in [0.717, 1.165) is 0 Å². The monoisotopic (exact) mass is 586 g/mol. The minimum Gasteiger partial charge on any atom is -0.0619 e. The van der Waals surface area contributed by atoms with E-state index in [1.165, 1.54) is 93.5 Å². The van der Waals surface area contributed by atoms with Gasteiger partial charge < -0.3 is 0 Å². The van der Waals surface area contributed by atoms with Crippen LogP contribution in [0.3, 0.4) is 0 Å². The van der Waals surface area contributed by atoms with E-state index >= 15 is 0 Å². The minimum atomic E-state index is -0.00671. The maximum absolute atomic E-state index is 2.45. The first-order chi connectivity index (χ1) is 22.5. The molecule has 218 valence electrons. The smallest absolute Gasteiger partial charge is 0.0158 e. The van der Waals surface area contributed by atoms with Crippen molar-refractivity contribution in [2.45, 2.75) is 26.2 Å². The summed E-state index contributed by atoms with van der Waals surface area (Å²) < 4.78 is 0. The topological polar surface area (TPSA) is 0 Å². The molecule has 0 heterocycles. The summed E-state index contributed by atoms with van der Waals surface area (Å²) in [5, 5.41) is 7.72. The molecule has 0 heteroatoms. The molecule has 0 fully saturated rings. The Morgan fingerprint density at radius 2 is 0.935 bits per heavy atom. The van der Waals surface area contributed by atoms with Crippen molar-refractivity contribution in [1.82, 2.24) is 0 Å². The van der Waals surface area contributed by atoms with Crippen LogP contribution in [0.1, 0.15) is 30.5 Å². The van der Waals surface area contributed by atoms with E-state index in [1.807, 2.05) is 0 Å². The van der Waals surface area contributed by atoms with Gasteiger partial charge in [0.05, 0.1) is 0 Å². The van der Waals surface area contributed by atoms with E-state index in [-0.39, 0.29) is 5.41 Å². The highest BCUT2D eigenvalue weighted by molar-refractivity contribution is 6.21. The number of benzene rings is 8. The van der Waals surface area contributed by atoms with Gasteiger partial charge in [0.2, 0.25) is 0 Å². The van der Waals surface area contributed by atoms with E-state index < -0.39 is 0 Å². The molecule has 0 saturated heterocycles. The van der Waals surface area contributed by atoms with Crippen LogP contribution in [0, 0.1) is 6.92 Å². The molecule has 8 aromatic rings. The lowest BCUT2D eigenvalue weighted by atomic mass is 9.81. The molecule has 0 amide bonds. The average molecular weight is 587 g/mol. The normalized spacial score (nSPS) is 13.3. The second-order valence-corrected chi connectivity index (χ2v) is 13.4. The molecule has 0 atom stereocenters. The van der Waals surface area contributed by atoms with Crippen molar-refractivity contribution in [2.75, 3.05) is 0 Å². The molecule has 0 aromatic heterocycles. The first-order valence-electron chi connectivity index (χ1n) is 16.3. The Balaban J connectivity index is 1.27. The predicted octanol–water partition coefficient (Wildman–Crippen LogP) is 12.8. The summed E-state index contributed by atoms with van der Waals surface area (Å²) in [7, 11) is 0. The highest BCUT2D eigenvalue weighted by atomic mass is 14.4. The van der Waals surface area contributed by atoms with E-state index in [4.69, 9.17) is 0 Å². The van der Waals surface area contributed by atoms with Gasteiger partial charge in [0.25, 0.3) is 0 Å². The number of hydrogen-bond donors (Lipinski definition) is 0. The first-order valence-corrected chi connectivity index (χ1v) is 16.3. The molecule has 0 nitrogen and oxygen atoms in total. The Hall–Kier alpha value is -5.46. The molecule has 0 unspecified atom stereocenters. The molecule has 0 saturated carbocycles. The molecule has 1 aliphatic carbocycles. The van der Waals surface area contributed by atoms with E-state index in [0.29, 0.717) is 0 Å². The van der Waals surface area contributed by atoms with Crippen molar-refractivity contribution in [3.8, 4) is 44.5 Å². The molecule has 46 heavy (non-hydrogen) atoms. The fourth-order valence-corrected chi connectivity index (χ4v) is 8.08. The fourth-order valence-electron chi connectivity index (χ4n) is 8.08. The zero-order chi connectivity index (χ0) is 31.0. The van der Waals surface area contributed by atoms with Gasteiger partial charge in [-0.2, -0.15) is 0 Å².